The summed E-state index contributed by atoms with van der Waals surface area (Å²) in [5, 5.41) is 5.02. The largest absolute Gasteiger partial charge is 0.309 e. The summed E-state index contributed by atoms with van der Waals surface area (Å²) in [6.45, 7) is 0. The monoisotopic (exact) mass is 716 g/mol. The first-order valence-electron chi connectivity index (χ1n) is 19.2. The SMILES string of the molecule is Fc1ccccc1N(c1ccccc1)c1ccc2c(c1)C1(c3ccccc3-c3ccccc31)c1cccc3c1c-2cc1c3c2ccccc2n1-c1ccccc1. The van der Waals surface area contributed by atoms with Gasteiger partial charge in [0, 0.05) is 27.8 Å². The van der Waals surface area contributed by atoms with Gasteiger partial charge in [-0.25, -0.2) is 4.39 Å². The van der Waals surface area contributed by atoms with Crippen LogP contribution in [-0.2, 0) is 5.41 Å². The number of halogens is 1. The highest BCUT2D eigenvalue weighted by atomic mass is 19.1. The van der Waals surface area contributed by atoms with E-state index in [1.807, 2.05) is 30.3 Å². The van der Waals surface area contributed by atoms with Crippen molar-refractivity contribution in [2.75, 3.05) is 4.90 Å². The number of nitrogens with zero attached hydrogens (tertiary/aromatic N) is 2. The second-order valence-corrected chi connectivity index (χ2v) is 14.9. The summed E-state index contributed by atoms with van der Waals surface area (Å²) in [5.41, 5.74) is 15.0. The van der Waals surface area contributed by atoms with E-state index in [9.17, 15) is 0 Å². The third kappa shape index (κ3) is 4.04. The van der Waals surface area contributed by atoms with Crippen molar-refractivity contribution in [1.82, 2.24) is 4.57 Å². The van der Waals surface area contributed by atoms with Gasteiger partial charge in [0.25, 0.3) is 0 Å². The lowest BCUT2D eigenvalue weighted by atomic mass is 9.61. The number of benzene rings is 9. The van der Waals surface area contributed by atoms with Crippen molar-refractivity contribution in [2.24, 2.45) is 0 Å². The maximum absolute atomic E-state index is 16.0. The molecule has 12 rings (SSSR count). The molecular weight excluding hydrogens is 684 g/mol. The van der Waals surface area contributed by atoms with Crippen LogP contribution in [0.5, 0.6) is 0 Å². The van der Waals surface area contributed by atoms with Crippen molar-refractivity contribution in [3.63, 3.8) is 0 Å². The lowest BCUT2D eigenvalue weighted by Crippen LogP contribution is -2.32. The first kappa shape index (κ1) is 31.2. The van der Waals surface area contributed by atoms with E-state index in [4.69, 9.17) is 0 Å². The molecule has 0 unspecified atom stereocenters. The highest BCUT2D eigenvalue weighted by Gasteiger charge is 2.50. The van der Waals surface area contributed by atoms with Gasteiger partial charge in [-0.1, -0.05) is 140 Å². The smallest absolute Gasteiger partial charge is 0.147 e. The molecule has 1 aromatic heterocycles. The van der Waals surface area contributed by atoms with Gasteiger partial charge in [-0.3, -0.25) is 0 Å². The van der Waals surface area contributed by atoms with Gasteiger partial charge in [0.1, 0.15) is 5.82 Å². The van der Waals surface area contributed by atoms with Crippen LogP contribution in [0.4, 0.5) is 21.5 Å². The van der Waals surface area contributed by atoms with Gasteiger partial charge in [0.05, 0.1) is 22.1 Å². The van der Waals surface area contributed by atoms with Crippen molar-refractivity contribution in [3.05, 3.63) is 228 Å². The molecule has 0 radical (unpaired) electrons. The van der Waals surface area contributed by atoms with Gasteiger partial charge < -0.3 is 9.47 Å². The fourth-order valence-corrected chi connectivity index (χ4v) is 10.1. The molecule has 0 aliphatic heterocycles. The minimum absolute atomic E-state index is 0.272. The fourth-order valence-electron chi connectivity index (χ4n) is 10.1. The predicted octanol–water partition coefficient (Wildman–Crippen LogP) is 13.9. The highest BCUT2D eigenvalue weighted by Crippen LogP contribution is 2.63. The first-order valence-corrected chi connectivity index (χ1v) is 19.2. The van der Waals surface area contributed by atoms with E-state index in [2.05, 4.69) is 167 Å². The third-order valence-electron chi connectivity index (χ3n) is 12.2. The van der Waals surface area contributed by atoms with Gasteiger partial charge in [-0.2, -0.15) is 0 Å². The van der Waals surface area contributed by atoms with E-state index < -0.39 is 5.41 Å². The molecule has 2 aliphatic carbocycles. The van der Waals surface area contributed by atoms with Crippen LogP contribution in [0.1, 0.15) is 22.3 Å². The molecule has 10 aromatic rings. The molecule has 262 valence electrons. The minimum Gasteiger partial charge on any atom is -0.309 e. The van der Waals surface area contributed by atoms with Crippen molar-refractivity contribution in [2.45, 2.75) is 5.41 Å². The predicted molar refractivity (Wildman–Crippen MR) is 229 cm³/mol. The molecule has 0 amide bonds. The molecule has 1 spiro atoms. The maximum Gasteiger partial charge on any atom is 0.147 e. The molecule has 3 heteroatoms. The van der Waals surface area contributed by atoms with Gasteiger partial charge >= 0.3 is 0 Å². The summed E-state index contributed by atoms with van der Waals surface area (Å²) in [5.74, 6) is -0.272. The minimum atomic E-state index is -0.631. The van der Waals surface area contributed by atoms with Crippen molar-refractivity contribution in [1.29, 1.82) is 0 Å². The zero-order valence-electron chi connectivity index (χ0n) is 30.3. The van der Waals surface area contributed by atoms with E-state index in [0.29, 0.717) is 5.69 Å². The molecular formula is C53H33FN2. The summed E-state index contributed by atoms with van der Waals surface area (Å²) in [6.07, 6.45) is 0. The van der Waals surface area contributed by atoms with Crippen LogP contribution in [0, 0.1) is 5.82 Å². The van der Waals surface area contributed by atoms with Gasteiger partial charge in [-0.15, -0.1) is 0 Å². The Hall–Kier alpha value is -7.23. The van der Waals surface area contributed by atoms with Crippen LogP contribution in [-0.4, -0.2) is 4.57 Å². The fraction of sp³-hybridized carbons (Fsp3) is 0.0189. The molecule has 0 atom stereocenters. The Morgan fingerprint density at radius 1 is 0.393 bits per heavy atom. The second-order valence-electron chi connectivity index (χ2n) is 14.9. The van der Waals surface area contributed by atoms with Crippen LogP contribution in [0.15, 0.2) is 200 Å². The number of anilines is 3. The van der Waals surface area contributed by atoms with Crippen LogP contribution >= 0.6 is 0 Å². The summed E-state index contributed by atoms with van der Waals surface area (Å²) in [4.78, 5) is 2.06. The molecule has 0 saturated heterocycles. The normalized spacial score (nSPS) is 13.2. The van der Waals surface area contributed by atoms with E-state index in [-0.39, 0.29) is 5.82 Å². The molecule has 9 aromatic carbocycles. The maximum atomic E-state index is 16.0. The summed E-state index contributed by atoms with van der Waals surface area (Å²) in [6, 6.07) is 70.7. The molecule has 0 bridgehead atoms. The number of fused-ring (bicyclic) bond motifs is 13. The molecule has 0 N–H and O–H groups in total. The third-order valence-corrected chi connectivity index (χ3v) is 12.2. The van der Waals surface area contributed by atoms with E-state index in [1.165, 1.54) is 77.1 Å². The molecule has 0 saturated carbocycles. The zero-order chi connectivity index (χ0) is 37.0. The van der Waals surface area contributed by atoms with Crippen molar-refractivity contribution >= 4 is 49.6 Å². The average molecular weight is 717 g/mol. The van der Waals surface area contributed by atoms with Gasteiger partial charge in [-0.05, 0) is 116 Å². The van der Waals surface area contributed by atoms with E-state index in [0.717, 1.165) is 17.1 Å². The van der Waals surface area contributed by atoms with Gasteiger partial charge in [0.2, 0.25) is 0 Å². The molecule has 2 aliphatic rings. The second kappa shape index (κ2) is 11.6. The molecule has 56 heavy (non-hydrogen) atoms. The van der Waals surface area contributed by atoms with Crippen LogP contribution in [0.2, 0.25) is 0 Å². The Balaban J connectivity index is 1.27. The highest BCUT2D eigenvalue weighted by molar-refractivity contribution is 6.26. The Morgan fingerprint density at radius 2 is 1.00 bits per heavy atom. The summed E-state index contributed by atoms with van der Waals surface area (Å²) >= 11 is 0. The average Bonchev–Trinajstić information content (AvgIpc) is 3.75. The van der Waals surface area contributed by atoms with Gasteiger partial charge in [0.15, 0.2) is 0 Å². The summed E-state index contributed by atoms with van der Waals surface area (Å²) in [7, 11) is 0. The van der Waals surface area contributed by atoms with Crippen molar-refractivity contribution in [3.8, 4) is 27.9 Å². The number of rotatable bonds is 4. The molecule has 2 nitrogen and oxygen atoms in total. The summed E-state index contributed by atoms with van der Waals surface area (Å²) < 4.78 is 18.4. The zero-order valence-corrected chi connectivity index (χ0v) is 30.3. The van der Waals surface area contributed by atoms with Crippen LogP contribution < -0.4 is 4.90 Å². The lowest BCUT2D eigenvalue weighted by Gasteiger charge is -2.41. The van der Waals surface area contributed by atoms with Crippen LogP contribution in [0.3, 0.4) is 0 Å². The Kier molecular flexibility index (Phi) is 6.47. The molecule has 0 fully saturated rings. The molecule has 1 heterocycles. The topological polar surface area (TPSA) is 8.17 Å². The first-order chi connectivity index (χ1) is 27.7. The Bertz CT molecular complexity index is 3170. The number of para-hydroxylation sites is 4. The number of hydrogen-bond donors (Lipinski definition) is 0. The number of hydrogen-bond acceptors (Lipinski definition) is 1. The lowest BCUT2D eigenvalue weighted by molar-refractivity contribution is 0.629. The van der Waals surface area contributed by atoms with E-state index in [1.54, 1.807) is 12.1 Å². The van der Waals surface area contributed by atoms with Crippen molar-refractivity contribution < 1.29 is 4.39 Å². The van der Waals surface area contributed by atoms with E-state index >= 15 is 4.39 Å². The quantitative estimate of drug-likeness (QED) is 0.176. The Labute approximate surface area is 324 Å². The van der Waals surface area contributed by atoms with Crippen LogP contribution in [0.25, 0.3) is 60.5 Å². The number of aromatic nitrogens is 1. The Morgan fingerprint density at radius 3 is 1.77 bits per heavy atom. The standard InChI is InChI=1S/C53H33FN2/c54-47-27-12-14-29-49(47)55(34-16-3-1-4-17-34)36-30-31-39-42-33-50-52(40-22-9-13-28-48(40)56(50)35-18-5-2-6-19-35)41-23-15-26-45(51(41)42)53(46(39)32-36)43-24-10-7-20-37(43)38-21-8-11-25-44(38)53/h1-33H.